The van der Waals surface area contributed by atoms with Crippen molar-refractivity contribution in [3.05, 3.63) is 53.4 Å². The Morgan fingerprint density at radius 2 is 2.17 bits per heavy atom. The quantitative estimate of drug-likeness (QED) is 0.789. The zero-order valence-corrected chi connectivity index (χ0v) is 15.8. The van der Waals surface area contributed by atoms with E-state index in [1.807, 2.05) is 0 Å². The van der Waals surface area contributed by atoms with Crippen LogP contribution in [0.2, 0.25) is 0 Å². The third kappa shape index (κ3) is 5.35. The predicted octanol–water partition coefficient (Wildman–Crippen LogP) is 2.04. The molecule has 1 fully saturated rings. The van der Waals surface area contributed by atoms with Gasteiger partial charge in [-0.05, 0) is 11.6 Å². The molecule has 3 rings (SSSR count). The van der Waals surface area contributed by atoms with Crippen LogP contribution in [0.15, 0.2) is 41.1 Å². The molecule has 0 aliphatic carbocycles. The summed E-state index contributed by atoms with van der Waals surface area (Å²) in [6.45, 7) is 1.18. The number of rotatable bonds is 6. The van der Waals surface area contributed by atoms with Crippen LogP contribution in [0.5, 0.6) is 0 Å². The van der Waals surface area contributed by atoms with E-state index in [4.69, 9.17) is 4.52 Å². The molecule has 1 aromatic heterocycles. The fourth-order valence-electron chi connectivity index (χ4n) is 3.23. The van der Waals surface area contributed by atoms with Gasteiger partial charge in [-0.3, -0.25) is 14.5 Å². The molecule has 29 heavy (non-hydrogen) atoms. The summed E-state index contributed by atoms with van der Waals surface area (Å²) in [7, 11) is 1.59. The Morgan fingerprint density at radius 3 is 2.86 bits per heavy atom. The maximum Gasteiger partial charge on any atom is 0.416 e. The molecule has 2 aromatic rings. The van der Waals surface area contributed by atoms with Gasteiger partial charge in [0, 0.05) is 32.7 Å². The normalized spacial score (nSPS) is 17.8. The zero-order chi connectivity index (χ0) is 21.0. The Hall–Kier alpha value is -2.88. The van der Waals surface area contributed by atoms with Gasteiger partial charge in [0.2, 0.25) is 11.8 Å². The summed E-state index contributed by atoms with van der Waals surface area (Å²) in [5, 5.41) is 6.46. The van der Waals surface area contributed by atoms with Gasteiger partial charge < -0.3 is 14.7 Å². The van der Waals surface area contributed by atoms with Crippen molar-refractivity contribution in [2.45, 2.75) is 31.7 Å². The summed E-state index contributed by atoms with van der Waals surface area (Å²) < 4.78 is 43.6. The van der Waals surface area contributed by atoms with Crippen molar-refractivity contribution in [3.8, 4) is 0 Å². The molecule has 1 saturated heterocycles. The molecule has 0 radical (unpaired) electrons. The number of hydrogen-bond donors (Lipinski definition) is 1. The molecule has 7 nitrogen and oxygen atoms in total. The molecular formula is C19H21F3N4O3. The van der Waals surface area contributed by atoms with Crippen molar-refractivity contribution in [2.75, 3.05) is 20.1 Å². The highest BCUT2D eigenvalue weighted by molar-refractivity contribution is 5.88. The minimum Gasteiger partial charge on any atom is -0.364 e. The van der Waals surface area contributed by atoms with Crippen molar-refractivity contribution in [2.24, 2.45) is 0 Å². The van der Waals surface area contributed by atoms with E-state index in [2.05, 4.69) is 10.5 Å². The topological polar surface area (TPSA) is 78.7 Å². The molecule has 1 aromatic carbocycles. The number of carbonyl (C=O) groups excluding carboxylic acids is 2. The van der Waals surface area contributed by atoms with Crippen LogP contribution in [0, 0.1) is 0 Å². The fourth-order valence-corrected chi connectivity index (χ4v) is 3.23. The average molecular weight is 410 g/mol. The van der Waals surface area contributed by atoms with E-state index in [1.165, 1.54) is 17.2 Å². The Morgan fingerprint density at radius 1 is 1.38 bits per heavy atom. The standard InChI is InChI=1S/C19H21F3N4O3/c1-25(12-15-5-8-29-24-15)17(27)10-16-18(28)23-6-7-26(16)11-13-3-2-4-14(9-13)19(20,21)22/h2-5,8-9,16H,6-7,10-12H2,1H3,(H,23,28)/t16-/m1/s1. The summed E-state index contributed by atoms with van der Waals surface area (Å²) in [5.74, 6) is -0.587. The Kier molecular flexibility index (Phi) is 6.21. The molecule has 1 aliphatic heterocycles. The van der Waals surface area contributed by atoms with Crippen LogP contribution in [-0.2, 0) is 28.9 Å². The largest absolute Gasteiger partial charge is 0.416 e. The first-order valence-corrected chi connectivity index (χ1v) is 9.05. The minimum absolute atomic E-state index is 0.0842. The van der Waals surface area contributed by atoms with Gasteiger partial charge in [-0.15, -0.1) is 0 Å². The molecule has 10 heteroatoms. The first kappa shape index (κ1) is 20.8. The number of halogens is 3. The average Bonchev–Trinajstić information content (AvgIpc) is 3.17. The van der Waals surface area contributed by atoms with Crippen LogP contribution in [0.3, 0.4) is 0 Å². The van der Waals surface area contributed by atoms with Gasteiger partial charge in [-0.25, -0.2) is 0 Å². The molecule has 0 saturated carbocycles. The second kappa shape index (κ2) is 8.64. The van der Waals surface area contributed by atoms with Crippen LogP contribution in [0.25, 0.3) is 0 Å². The summed E-state index contributed by atoms with van der Waals surface area (Å²) in [6, 6.07) is 5.88. The predicted molar refractivity (Wildman–Crippen MR) is 96.2 cm³/mol. The number of alkyl halides is 3. The lowest BCUT2D eigenvalue weighted by atomic mass is 10.0. The maximum absolute atomic E-state index is 13.0. The number of carbonyl (C=O) groups is 2. The fraction of sp³-hybridized carbons (Fsp3) is 0.421. The van der Waals surface area contributed by atoms with Gasteiger partial charge in [0.1, 0.15) is 12.0 Å². The van der Waals surface area contributed by atoms with Gasteiger partial charge in [-0.1, -0.05) is 23.4 Å². The lowest BCUT2D eigenvalue weighted by Crippen LogP contribution is -2.56. The SMILES string of the molecule is CN(Cc1ccon1)C(=O)C[C@@H]1C(=O)NCCN1Cc1cccc(C(F)(F)F)c1. The van der Waals surface area contributed by atoms with Crippen molar-refractivity contribution in [1.29, 1.82) is 0 Å². The number of amides is 2. The van der Waals surface area contributed by atoms with Crippen molar-refractivity contribution >= 4 is 11.8 Å². The van der Waals surface area contributed by atoms with E-state index < -0.39 is 17.8 Å². The van der Waals surface area contributed by atoms with Gasteiger partial charge >= 0.3 is 6.18 Å². The van der Waals surface area contributed by atoms with Gasteiger partial charge in [0.05, 0.1) is 24.6 Å². The van der Waals surface area contributed by atoms with Crippen molar-refractivity contribution in [1.82, 2.24) is 20.3 Å². The summed E-state index contributed by atoms with van der Waals surface area (Å²) >= 11 is 0. The van der Waals surface area contributed by atoms with E-state index in [-0.39, 0.29) is 31.3 Å². The lowest BCUT2D eigenvalue weighted by molar-refractivity contribution is -0.138. The van der Waals surface area contributed by atoms with E-state index in [0.29, 0.717) is 24.3 Å². The molecule has 2 amide bonds. The number of nitrogens with one attached hydrogen (secondary N) is 1. The highest BCUT2D eigenvalue weighted by atomic mass is 19.4. The number of nitrogens with zero attached hydrogens (tertiary/aromatic N) is 3. The van der Waals surface area contributed by atoms with Crippen LogP contribution < -0.4 is 5.32 Å². The van der Waals surface area contributed by atoms with Crippen LogP contribution in [0.1, 0.15) is 23.2 Å². The van der Waals surface area contributed by atoms with Crippen LogP contribution in [-0.4, -0.2) is 52.9 Å². The van der Waals surface area contributed by atoms with Crippen LogP contribution in [0.4, 0.5) is 13.2 Å². The molecule has 2 heterocycles. The third-order valence-corrected chi connectivity index (χ3v) is 4.77. The van der Waals surface area contributed by atoms with Gasteiger partial charge in [0.25, 0.3) is 0 Å². The first-order chi connectivity index (χ1) is 13.7. The minimum atomic E-state index is -4.44. The lowest BCUT2D eigenvalue weighted by Gasteiger charge is -2.35. The van der Waals surface area contributed by atoms with Crippen molar-refractivity contribution < 1.29 is 27.3 Å². The number of hydrogen-bond acceptors (Lipinski definition) is 5. The summed E-state index contributed by atoms with van der Waals surface area (Å²) in [4.78, 5) is 28.1. The van der Waals surface area contributed by atoms with Crippen molar-refractivity contribution in [3.63, 3.8) is 0 Å². The second-order valence-electron chi connectivity index (χ2n) is 6.92. The van der Waals surface area contributed by atoms with Gasteiger partial charge in [0.15, 0.2) is 0 Å². The highest BCUT2D eigenvalue weighted by Gasteiger charge is 2.34. The molecule has 0 unspecified atom stereocenters. The van der Waals surface area contributed by atoms with E-state index >= 15 is 0 Å². The second-order valence-corrected chi connectivity index (χ2v) is 6.92. The summed E-state index contributed by atoms with van der Waals surface area (Å²) in [6.07, 6.45) is -3.12. The van der Waals surface area contributed by atoms with E-state index in [1.54, 1.807) is 24.1 Å². The Bertz CT molecular complexity index is 855. The van der Waals surface area contributed by atoms with Gasteiger partial charge in [-0.2, -0.15) is 13.2 Å². The molecule has 0 bridgehead atoms. The smallest absolute Gasteiger partial charge is 0.364 e. The summed E-state index contributed by atoms with van der Waals surface area (Å²) in [5.41, 5.74) is 0.272. The number of piperazine rings is 1. The van der Waals surface area contributed by atoms with E-state index in [0.717, 1.165) is 12.1 Å². The number of aromatic nitrogens is 1. The Labute approximate surface area is 165 Å². The third-order valence-electron chi connectivity index (χ3n) is 4.77. The Balaban J connectivity index is 1.69. The molecule has 1 atom stereocenters. The first-order valence-electron chi connectivity index (χ1n) is 9.05. The zero-order valence-electron chi connectivity index (χ0n) is 15.8. The monoisotopic (exact) mass is 410 g/mol. The van der Waals surface area contributed by atoms with Crippen LogP contribution >= 0.6 is 0 Å². The molecule has 1 aliphatic rings. The molecule has 1 N–H and O–H groups in total. The number of benzene rings is 1. The highest BCUT2D eigenvalue weighted by Crippen LogP contribution is 2.30. The molecule has 156 valence electrons. The molecule has 0 spiro atoms. The molecular weight excluding hydrogens is 389 g/mol. The maximum atomic E-state index is 13.0. The van der Waals surface area contributed by atoms with E-state index in [9.17, 15) is 22.8 Å².